The Morgan fingerprint density at radius 3 is 1.97 bits per heavy atom. The Morgan fingerprint density at radius 1 is 0.824 bits per heavy atom. The third-order valence-electron chi connectivity index (χ3n) is 5.02. The van der Waals surface area contributed by atoms with Crippen molar-refractivity contribution < 1.29 is 19.1 Å². The minimum atomic E-state index is -0.670. The highest BCUT2D eigenvalue weighted by molar-refractivity contribution is 8.00. The van der Waals surface area contributed by atoms with Gasteiger partial charge in [-0.25, -0.2) is 9.78 Å². The lowest BCUT2D eigenvalue weighted by Gasteiger charge is -2.15. The van der Waals surface area contributed by atoms with Crippen LogP contribution in [0, 0.1) is 0 Å². The van der Waals surface area contributed by atoms with Crippen molar-refractivity contribution in [1.82, 2.24) is 15.6 Å². The van der Waals surface area contributed by atoms with Crippen molar-refractivity contribution in [2.24, 2.45) is 0 Å². The van der Waals surface area contributed by atoms with E-state index >= 15 is 0 Å². The van der Waals surface area contributed by atoms with E-state index in [4.69, 9.17) is 4.74 Å². The maximum absolute atomic E-state index is 12.6. The zero-order valence-corrected chi connectivity index (χ0v) is 19.9. The molecule has 0 fully saturated rings. The number of ether oxygens (including phenoxy) is 1. The molecular weight excluding hydrogens is 450 g/mol. The molecule has 0 saturated heterocycles. The lowest BCUT2D eigenvalue weighted by atomic mass is 10.1. The zero-order valence-electron chi connectivity index (χ0n) is 19.1. The molecule has 0 spiro atoms. The van der Waals surface area contributed by atoms with Crippen LogP contribution in [0.15, 0.2) is 84.0 Å². The number of amides is 2. The maximum atomic E-state index is 12.6. The predicted molar refractivity (Wildman–Crippen MR) is 131 cm³/mol. The number of pyridine rings is 1. The van der Waals surface area contributed by atoms with E-state index in [2.05, 4.69) is 15.6 Å². The number of aromatic nitrogens is 1. The van der Waals surface area contributed by atoms with E-state index in [0.29, 0.717) is 5.03 Å². The van der Waals surface area contributed by atoms with E-state index in [1.165, 1.54) is 6.20 Å². The second-order valence-corrected chi connectivity index (χ2v) is 8.58. The lowest BCUT2D eigenvalue weighted by molar-refractivity contribution is -0.125. The number of hydrogen-bond acceptors (Lipinski definition) is 6. The van der Waals surface area contributed by atoms with Crippen LogP contribution in [0.5, 0.6) is 0 Å². The molecule has 0 saturated carbocycles. The number of carbonyl (C=O) groups is 3. The summed E-state index contributed by atoms with van der Waals surface area (Å²) in [7, 11) is 0. The molecule has 1 heterocycles. The molecule has 0 radical (unpaired) electrons. The van der Waals surface area contributed by atoms with Crippen molar-refractivity contribution in [2.45, 2.75) is 31.0 Å². The molecule has 0 aliphatic carbocycles. The van der Waals surface area contributed by atoms with Crippen molar-refractivity contribution in [3.05, 3.63) is 95.7 Å². The fraction of sp³-hybridized carbons (Fsp3) is 0.231. The summed E-state index contributed by atoms with van der Waals surface area (Å²) in [4.78, 5) is 41.4. The molecule has 0 bridgehead atoms. The van der Waals surface area contributed by atoms with Gasteiger partial charge in [0, 0.05) is 6.20 Å². The molecule has 34 heavy (non-hydrogen) atoms. The summed E-state index contributed by atoms with van der Waals surface area (Å²) in [5.74, 6) is -1.17. The van der Waals surface area contributed by atoms with E-state index < -0.39 is 18.5 Å². The molecular formula is C26H27N3O4S. The molecule has 1 aromatic heterocycles. The minimum absolute atomic E-state index is 0.0868. The van der Waals surface area contributed by atoms with E-state index in [0.717, 1.165) is 22.9 Å². The quantitative estimate of drug-likeness (QED) is 0.337. The van der Waals surface area contributed by atoms with Crippen LogP contribution in [-0.4, -0.2) is 35.1 Å². The van der Waals surface area contributed by atoms with Crippen molar-refractivity contribution in [2.75, 3.05) is 12.4 Å². The SMILES string of the molecule is C[C@H](NC(=O)CSc1ncccc1C(=O)OCC(=O)N[C@H](C)c1ccccc1)c1ccccc1. The lowest BCUT2D eigenvalue weighted by Crippen LogP contribution is -2.31. The number of rotatable bonds is 10. The van der Waals surface area contributed by atoms with Gasteiger partial charge in [0.05, 0.1) is 23.4 Å². The fourth-order valence-corrected chi connectivity index (χ4v) is 4.01. The summed E-state index contributed by atoms with van der Waals surface area (Å²) >= 11 is 1.14. The Kier molecular flexibility index (Phi) is 9.22. The van der Waals surface area contributed by atoms with E-state index in [1.54, 1.807) is 12.1 Å². The van der Waals surface area contributed by atoms with Crippen LogP contribution in [0.2, 0.25) is 0 Å². The Labute approximate surface area is 203 Å². The van der Waals surface area contributed by atoms with Gasteiger partial charge in [-0.15, -0.1) is 0 Å². The third-order valence-corrected chi connectivity index (χ3v) is 6.02. The van der Waals surface area contributed by atoms with Crippen LogP contribution in [0.3, 0.4) is 0 Å². The topological polar surface area (TPSA) is 97.4 Å². The van der Waals surface area contributed by atoms with Gasteiger partial charge in [0.1, 0.15) is 5.03 Å². The largest absolute Gasteiger partial charge is 0.452 e. The molecule has 7 nitrogen and oxygen atoms in total. The maximum Gasteiger partial charge on any atom is 0.341 e. The van der Waals surface area contributed by atoms with Crippen molar-refractivity contribution in [3.63, 3.8) is 0 Å². The number of esters is 1. The van der Waals surface area contributed by atoms with Gasteiger partial charge in [0.2, 0.25) is 5.91 Å². The van der Waals surface area contributed by atoms with E-state index in [-0.39, 0.29) is 29.3 Å². The second kappa shape index (κ2) is 12.6. The molecule has 0 unspecified atom stereocenters. The number of carbonyl (C=O) groups excluding carboxylic acids is 3. The monoisotopic (exact) mass is 477 g/mol. The van der Waals surface area contributed by atoms with Crippen LogP contribution in [0.4, 0.5) is 0 Å². The van der Waals surface area contributed by atoms with Crippen LogP contribution in [0.1, 0.15) is 47.4 Å². The Morgan fingerprint density at radius 2 is 1.38 bits per heavy atom. The fourth-order valence-electron chi connectivity index (χ4n) is 3.22. The first kappa shape index (κ1) is 25.0. The average Bonchev–Trinajstić information content (AvgIpc) is 2.87. The van der Waals surface area contributed by atoms with Crippen LogP contribution < -0.4 is 10.6 Å². The molecule has 8 heteroatoms. The number of nitrogens with one attached hydrogen (secondary N) is 2. The summed E-state index contributed by atoms with van der Waals surface area (Å²) in [6.07, 6.45) is 1.54. The molecule has 3 aromatic rings. The summed E-state index contributed by atoms with van der Waals surface area (Å²) in [6, 6.07) is 22.0. The molecule has 2 aromatic carbocycles. The van der Waals surface area contributed by atoms with Gasteiger partial charge in [-0.05, 0) is 37.1 Å². The first-order chi connectivity index (χ1) is 16.4. The zero-order chi connectivity index (χ0) is 24.3. The first-order valence-electron chi connectivity index (χ1n) is 10.9. The highest BCUT2D eigenvalue weighted by atomic mass is 32.2. The molecule has 2 atom stereocenters. The summed E-state index contributed by atoms with van der Waals surface area (Å²) < 4.78 is 5.19. The average molecular weight is 478 g/mol. The number of nitrogens with zero attached hydrogens (tertiary/aromatic N) is 1. The molecule has 176 valence electrons. The Balaban J connectivity index is 1.50. The van der Waals surface area contributed by atoms with Gasteiger partial charge in [-0.1, -0.05) is 72.4 Å². The number of thioether (sulfide) groups is 1. The molecule has 0 aliphatic rings. The predicted octanol–water partition coefficient (Wildman–Crippen LogP) is 4.09. The van der Waals surface area contributed by atoms with Gasteiger partial charge >= 0.3 is 5.97 Å². The third kappa shape index (κ3) is 7.45. The molecule has 3 rings (SSSR count). The number of hydrogen-bond donors (Lipinski definition) is 2. The van der Waals surface area contributed by atoms with E-state index in [1.807, 2.05) is 74.5 Å². The second-order valence-electron chi connectivity index (χ2n) is 7.62. The van der Waals surface area contributed by atoms with Gasteiger partial charge in [-0.3, -0.25) is 9.59 Å². The van der Waals surface area contributed by atoms with Crippen molar-refractivity contribution in [3.8, 4) is 0 Å². The van der Waals surface area contributed by atoms with Gasteiger partial charge in [0.15, 0.2) is 6.61 Å². The molecule has 0 aliphatic heterocycles. The van der Waals surface area contributed by atoms with Crippen LogP contribution in [-0.2, 0) is 14.3 Å². The normalized spacial score (nSPS) is 12.3. The molecule has 2 amide bonds. The van der Waals surface area contributed by atoms with Crippen LogP contribution in [0.25, 0.3) is 0 Å². The van der Waals surface area contributed by atoms with Gasteiger partial charge in [0.25, 0.3) is 5.91 Å². The minimum Gasteiger partial charge on any atom is -0.452 e. The van der Waals surface area contributed by atoms with Gasteiger partial charge in [-0.2, -0.15) is 0 Å². The highest BCUT2D eigenvalue weighted by Gasteiger charge is 2.18. The van der Waals surface area contributed by atoms with Crippen LogP contribution >= 0.6 is 11.8 Å². The Bertz CT molecular complexity index is 1110. The summed E-state index contributed by atoms with van der Waals surface area (Å²) in [5, 5.41) is 6.10. The van der Waals surface area contributed by atoms with Crippen molar-refractivity contribution in [1.29, 1.82) is 0 Å². The summed E-state index contributed by atoms with van der Waals surface area (Å²) in [6.45, 7) is 3.35. The highest BCUT2D eigenvalue weighted by Crippen LogP contribution is 2.21. The van der Waals surface area contributed by atoms with E-state index in [9.17, 15) is 14.4 Å². The smallest absolute Gasteiger partial charge is 0.341 e. The number of benzene rings is 2. The summed E-state index contributed by atoms with van der Waals surface area (Å²) in [5.41, 5.74) is 2.16. The Hall–Kier alpha value is -3.65. The molecule has 2 N–H and O–H groups in total. The standard InChI is InChI=1S/C26H27N3O4S/c1-18(20-10-5-3-6-11-20)28-23(30)16-33-26(32)22-14-9-15-27-25(22)34-17-24(31)29-19(2)21-12-7-4-8-13-21/h3-15,18-19H,16-17H2,1-2H3,(H,28,30)(H,29,31)/t18-,19+/m1/s1. The van der Waals surface area contributed by atoms with Gasteiger partial charge < -0.3 is 15.4 Å². The first-order valence-corrected chi connectivity index (χ1v) is 11.9. The van der Waals surface area contributed by atoms with Crippen molar-refractivity contribution >= 4 is 29.5 Å².